The second kappa shape index (κ2) is 5.36. The number of carbonyl (C=O) groups excluding carboxylic acids is 1. The van der Waals surface area contributed by atoms with E-state index in [2.05, 4.69) is 20.8 Å². The molecule has 4 nitrogen and oxygen atoms in total. The van der Waals surface area contributed by atoms with Crippen LogP contribution in [0.15, 0.2) is 24.3 Å². The summed E-state index contributed by atoms with van der Waals surface area (Å²) in [5.41, 5.74) is 1.43. The summed E-state index contributed by atoms with van der Waals surface area (Å²) in [6, 6.07) is 7.14. The van der Waals surface area contributed by atoms with E-state index in [4.69, 9.17) is 14.8 Å². The minimum Gasteiger partial charge on any atom is -0.263 e. The number of benzene rings is 1. The van der Waals surface area contributed by atoms with Crippen molar-refractivity contribution in [3.05, 3.63) is 35.4 Å². The highest BCUT2D eigenvalue weighted by molar-refractivity contribution is 5.88. The predicted molar refractivity (Wildman–Crippen MR) is 81.8 cm³/mol. The second-order valence-electron chi connectivity index (χ2n) is 7.55. The van der Waals surface area contributed by atoms with Gasteiger partial charge in [0.15, 0.2) is 0 Å². The van der Waals surface area contributed by atoms with Gasteiger partial charge >= 0.3 is 5.97 Å². The SMILES string of the molecule is Cc1ccc(C(=O)OOOC2(C)CCC3CC2C3(C)C)cc1. The lowest BCUT2D eigenvalue weighted by atomic mass is 9.44. The van der Waals surface area contributed by atoms with Crippen molar-refractivity contribution in [3.63, 3.8) is 0 Å². The maximum Gasteiger partial charge on any atom is 0.376 e. The molecule has 0 radical (unpaired) electrons. The summed E-state index contributed by atoms with van der Waals surface area (Å²) in [5, 5.41) is 4.86. The van der Waals surface area contributed by atoms with Crippen molar-refractivity contribution < 1.29 is 19.6 Å². The summed E-state index contributed by atoms with van der Waals surface area (Å²) < 4.78 is 0. The third-order valence-corrected chi connectivity index (χ3v) is 5.82. The molecule has 120 valence electrons. The summed E-state index contributed by atoms with van der Waals surface area (Å²) in [6.07, 6.45) is 3.24. The van der Waals surface area contributed by atoms with Crippen LogP contribution in [0.5, 0.6) is 0 Å². The van der Waals surface area contributed by atoms with Crippen LogP contribution in [0.2, 0.25) is 0 Å². The Bertz CT molecular complexity index is 561. The van der Waals surface area contributed by atoms with E-state index in [9.17, 15) is 4.79 Å². The Morgan fingerprint density at radius 3 is 2.45 bits per heavy atom. The van der Waals surface area contributed by atoms with Gasteiger partial charge in [-0.25, -0.2) is 4.79 Å². The summed E-state index contributed by atoms with van der Waals surface area (Å²) in [4.78, 5) is 22.2. The summed E-state index contributed by atoms with van der Waals surface area (Å²) in [7, 11) is 0. The minimum atomic E-state index is -0.537. The quantitative estimate of drug-likeness (QED) is 0.617. The van der Waals surface area contributed by atoms with Crippen LogP contribution in [0, 0.1) is 24.2 Å². The number of carbonyl (C=O) groups is 1. The van der Waals surface area contributed by atoms with Gasteiger partial charge in [0.05, 0.1) is 5.56 Å². The van der Waals surface area contributed by atoms with Gasteiger partial charge in [0.1, 0.15) is 5.60 Å². The number of aryl methyl sites for hydroxylation is 1. The van der Waals surface area contributed by atoms with Gasteiger partial charge in [0.2, 0.25) is 0 Å². The van der Waals surface area contributed by atoms with Crippen molar-refractivity contribution in [1.82, 2.24) is 0 Å². The molecule has 3 aliphatic carbocycles. The first-order valence-corrected chi connectivity index (χ1v) is 7.96. The maximum atomic E-state index is 11.9. The summed E-state index contributed by atoms with van der Waals surface area (Å²) in [6.45, 7) is 8.58. The van der Waals surface area contributed by atoms with Gasteiger partial charge in [-0.05, 0) is 67.5 Å². The predicted octanol–water partition coefficient (Wildman–Crippen LogP) is 4.23. The lowest BCUT2D eigenvalue weighted by Gasteiger charge is -2.62. The molecule has 22 heavy (non-hydrogen) atoms. The molecular weight excluding hydrogens is 280 g/mol. The molecule has 0 amide bonds. The first kappa shape index (κ1) is 15.5. The smallest absolute Gasteiger partial charge is 0.263 e. The molecule has 4 rings (SSSR count). The largest absolute Gasteiger partial charge is 0.376 e. The second-order valence-corrected chi connectivity index (χ2v) is 7.55. The van der Waals surface area contributed by atoms with Crippen molar-refractivity contribution in [1.29, 1.82) is 0 Å². The standard InChI is InChI=1S/C18H24O4/c1-12-5-7-13(8-6-12)16(19)20-22-21-18(4)10-9-14-11-15(18)17(14,2)3/h5-8,14-15H,9-11H2,1-4H3. The van der Waals surface area contributed by atoms with Crippen molar-refractivity contribution in [2.45, 2.75) is 52.6 Å². The zero-order valence-corrected chi connectivity index (χ0v) is 13.7. The Morgan fingerprint density at radius 2 is 1.86 bits per heavy atom. The average Bonchev–Trinajstić information content (AvgIpc) is 2.47. The molecule has 0 aromatic heterocycles. The van der Waals surface area contributed by atoms with Crippen LogP contribution in [0.4, 0.5) is 0 Å². The minimum absolute atomic E-state index is 0.275. The fourth-order valence-corrected chi connectivity index (χ4v) is 4.14. The van der Waals surface area contributed by atoms with Crippen molar-refractivity contribution >= 4 is 5.97 Å². The zero-order chi connectivity index (χ0) is 16.0. The first-order chi connectivity index (χ1) is 10.3. The van der Waals surface area contributed by atoms with E-state index < -0.39 is 5.97 Å². The van der Waals surface area contributed by atoms with Gasteiger partial charge in [-0.2, -0.15) is 4.89 Å². The van der Waals surface area contributed by atoms with E-state index in [-0.39, 0.29) is 11.0 Å². The normalized spacial score (nSPS) is 32.2. The first-order valence-electron chi connectivity index (χ1n) is 7.96. The average molecular weight is 304 g/mol. The van der Waals surface area contributed by atoms with Crippen molar-refractivity contribution in [3.8, 4) is 0 Å². The Morgan fingerprint density at radius 1 is 1.18 bits per heavy atom. The van der Waals surface area contributed by atoms with Gasteiger partial charge < -0.3 is 0 Å². The van der Waals surface area contributed by atoms with Gasteiger partial charge in [-0.1, -0.05) is 31.5 Å². The summed E-state index contributed by atoms with van der Waals surface area (Å²) in [5.74, 6) is 0.686. The Balaban J connectivity index is 1.54. The highest BCUT2D eigenvalue weighted by Crippen LogP contribution is 2.63. The number of hydrogen-bond donors (Lipinski definition) is 0. The lowest BCUT2D eigenvalue weighted by molar-refractivity contribution is -0.531. The van der Waals surface area contributed by atoms with E-state index >= 15 is 0 Å². The molecule has 0 N–H and O–H groups in total. The van der Waals surface area contributed by atoms with Crippen LogP contribution in [-0.4, -0.2) is 11.6 Å². The molecule has 1 aromatic carbocycles. The zero-order valence-electron chi connectivity index (χ0n) is 13.7. The van der Waals surface area contributed by atoms with Crippen LogP contribution in [-0.2, 0) is 14.8 Å². The fraction of sp³-hybridized carbons (Fsp3) is 0.611. The molecular formula is C18H24O4. The van der Waals surface area contributed by atoms with E-state index in [1.54, 1.807) is 12.1 Å². The highest BCUT2D eigenvalue weighted by Gasteiger charge is 2.61. The van der Waals surface area contributed by atoms with Crippen LogP contribution >= 0.6 is 0 Å². The molecule has 3 aliphatic rings. The van der Waals surface area contributed by atoms with Crippen LogP contribution in [0.3, 0.4) is 0 Å². The molecule has 1 aromatic rings. The van der Waals surface area contributed by atoms with Gasteiger partial charge in [0, 0.05) is 0 Å². The summed E-state index contributed by atoms with van der Waals surface area (Å²) >= 11 is 0. The number of hydrogen-bond acceptors (Lipinski definition) is 4. The molecule has 0 aliphatic heterocycles. The monoisotopic (exact) mass is 304 g/mol. The molecule has 3 atom stereocenters. The van der Waals surface area contributed by atoms with Gasteiger partial charge in [-0.3, -0.25) is 4.89 Å². The van der Waals surface area contributed by atoms with E-state index in [0.717, 1.165) is 24.3 Å². The maximum absolute atomic E-state index is 11.9. The van der Waals surface area contributed by atoms with Gasteiger partial charge in [0.25, 0.3) is 0 Å². The highest BCUT2D eigenvalue weighted by atomic mass is 17.5. The number of fused-ring (bicyclic) bond motifs is 2. The molecule has 4 heteroatoms. The Labute approximate surface area is 131 Å². The molecule has 3 unspecified atom stereocenters. The Hall–Kier alpha value is -1.39. The molecule has 3 saturated carbocycles. The van der Waals surface area contributed by atoms with Gasteiger partial charge in [-0.15, -0.1) is 0 Å². The molecule has 0 heterocycles. The van der Waals surface area contributed by atoms with Crippen molar-refractivity contribution in [2.24, 2.45) is 17.3 Å². The van der Waals surface area contributed by atoms with Crippen LogP contribution < -0.4 is 0 Å². The number of rotatable bonds is 4. The van der Waals surface area contributed by atoms with E-state index in [1.165, 1.54) is 6.42 Å². The van der Waals surface area contributed by atoms with E-state index in [1.807, 2.05) is 19.1 Å². The fourth-order valence-electron chi connectivity index (χ4n) is 4.14. The Kier molecular flexibility index (Phi) is 3.77. The third-order valence-electron chi connectivity index (χ3n) is 5.82. The lowest BCUT2D eigenvalue weighted by Crippen LogP contribution is -2.61. The van der Waals surface area contributed by atoms with Crippen molar-refractivity contribution in [2.75, 3.05) is 0 Å². The molecule has 3 fully saturated rings. The van der Waals surface area contributed by atoms with Crippen LogP contribution in [0.25, 0.3) is 0 Å². The molecule has 0 spiro atoms. The topological polar surface area (TPSA) is 44.8 Å². The molecule has 2 bridgehead atoms. The third kappa shape index (κ3) is 2.55. The van der Waals surface area contributed by atoms with Crippen LogP contribution in [0.1, 0.15) is 56.0 Å². The van der Waals surface area contributed by atoms with E-state index in [0.29, 0.717) is 11.5 Å². The molecule has 0 saturated heterocycles.